The zero-order valence-corrected chi connectivity index (χ0v) is 10.5. The highest BCUT2D eigenvalue weighted by molar-refractivity contribution is 5.88. The van der Waals surface area contributed by atoms with Gasteiger partial charge in [0.2, 0.25) is 0 Å². The van der Waals surface area contributed by atoms with Gasteiger partial charge in [-0.15, -0.1) is 0 Å². The molecule has 1 fully saturated rings. The molecule has 0 heterocycles. The molecule has 0 atom stereocenters. The fourth-order valence-corrected chi connectivity index (χ4v) is 1.51. The van der Waals surface area contributed by atoms with Gasteiger partial charge in [-0.05, 0) is 33.6 Å². The number of rotatable bonds is 6. The van der Waals surface area contributed by atoms with Crippen LogP contribution in [0.25, 0.3) is 0 Å². The van der Waals surface area contributed by atoms with Gasteiger partial charge >= 0.3 is 12.0 Å². The topological polar surface area (TPSA) is 87.7 Å². The van der Waals surface area contributed by atoms with Gasteiger partial charge in [-0.3, -0.25) is 0 Å². The first-order valence-electron chi connectivity index (χ1n) is 5.75. The molecular formula is C11H20N2O4. The quantitative estimate of drug-likeness (QED) is 0.642. The first-order valence-corrected chi connectivity index (χ1v) is 5.75. The number of urea groups is 1. The lowest BCUT2D eigenvalue weighted by atomic mass is 10.1. The Bertz CT molecular complexity index is 311. The van der Waals surface area contributed by atoms with E-state index in [1.807, 2.05) is 20.8 Å². The van der Waals surface area contributed by atoms with Crippen molar-refractivity contribution >= 4 is 12.0 Å². The molecule has 0 aliphatic heterocycles. The van der Waals surface area contributed by atoms with Crippen molar-refractivity contribution < 1.29 is 19.4 Å². The molecule has 3 N–H and O–H groups in total. The highest BCUT2D eigenvalue weighted by atomic mass is 16.5. The van der Waals surface area contributed by atoms with Crippen molar-refractivity contribution in [1.82, 2.24) is 10.6 Å². The summed E-state index contributed by atoms with van der Waals surface area (Å²) in [6, 6.07) is -0.460. The molecule has 0 aromatic carbocycles. The fraction of sp³-hybridized carbons (Fsp3) is 0.818. The Balaban J connectivity index is 2.34. The number of carboxylic acid groups (broad SMARTS) is 1. The van der Waals surface area contributed by atoms with Crippen LogP contribution in [0.1, 0.15) is 33.6 Å². The molecule has 6 nitrogen and oxygen atoms in total. The zero-order valence-electron chi connectivity index (χ0n) is 10.5. The molecule has 0 spiro atoms. The summed E-state index contributed by atoms with van der Waals surface area (Å²) in [5.74, 6) is -0.975. The number of ether oxygens (including phenoxy) is 1. The van der Waals surface area contributed by atoms with E-state index < -0.39 is 23.1 Å². The molecule has 0 radical (unpaired) electrons. The van der Waals surface area contributed by atoms with Crippen LogP contribution in [0.3, 0.4) is 0 Å². The summed E-state index contributed by atoms with van der Waals surface area (Å²) in [6.45, 7) is 6.50. The van der Waals surface area contributed by atoms with Crippen LogP contribution in [0.4, 0.5) is 4.79 Å². The van der Waals surface area contributed by atoms with Crippen LogP contribution < -0.4 is 10.6 Å². The van der Waals surface area contributed by atoms with Crippen LogP contribution in [-0.2, 0) is 9.53 Å². The van der Waals surface area contributed by atoms with Crippen LogP contribution in [0.2, 0.25) is 0 Å². The number of hydrogen-bond donors (Lipinski definition) is 3. The standard InChI is InChI=1S/C11H20N2O4/c1-4-17-10(2,3)7-12-9(16)13-11(5-6-11)8(14)15/h4-7H2,1-3H3,(H,14,15)(H2,12,13,16). The molecule has 0 aromatic heterocycles. The average Bonchev–Trinajstić information content (AvgIpc) is 2.96. The maximum absolute atomic E-state index is 11.5. The first-order chi connectivity index (χ1) is 7.81. The Morgan fingerprint density at radius 3 is 2.41 bits per heavy atom. The minimum atomic E-state index is -1.04. The van der Waals surface area contributed by atoms with E-state index in [0.29, 0.717) is 26.0 Å². The Morgan fingerprint density at radius 1 is 1.41 bits per heavy atom. The molecule has 1 aliphatic rings. The zero-order chi connectivity index (χ0) is 13.1. The monoisotopic (exact) mass is 244 g/mol. The Hall–Kier alpha value is -1.30. The van der Waals surface area contributed by atoms with Gasteiger partial charge in [0.05, 0.1) is 5.60 Å². The van der Waals surface area contributed by atoms with Gasteiger partial charge in [-0.25, -0.2) is 9.59 Å². The summed E-state index contributed by atoms with van der Waals surface area (Å²) < 4.78 is 5.41. The molecule has 98 valence electrons. The third-order valence-electron chi connectivity index (χ3n) is 2.72. The SMILES string of the molecule is CCOC(C)(C)CNC(=O)NC1(C(=O)O)CC1. The normalized spacial score (nSPS) is 17.4. The van der Waals surface area contributed by atoms with Crippen molar-refractivity contribution in [2.24, 2.45) is 0 Å². The summed E-state index contributed by atoms with van der Waals surface area (Å²) >= 11 is 0. The van der Waals surface area contributed by atoms with Crippen LogP contribution in [-0.4, -0.2) is 41.4 Å². The molecule has 0 bridgehead atoms. The summed E-state index contributed by atoms with van der Waals surface area (Å²) in [5, 5.41) is 14.0. The second kappa shape index (κ2) is 4.91. The second-order valence-electron chi connectivity index (χ2n) is 4.89. The smallest absolute Gasteiger partial charge is 0.329 e. The molecule has 1 aliphatic carbocycles. The van der Waals surface area contributed by atoms with E-state index in [1.165, 1.54) is 0 Å². The van der Waals surface area contributed by atoms with Crippen LogP contribution in [0.15, 0.2) is 0 Å². The number of carbonyl (C=O) groups is 2. The number of nitrogens with one attached hydrogen (secondary N) is 2. The highest BCUT2D eigenvalue weighted by Gasteiger charge is 2.51. The van der Waals surface area contributed by atoms with Gasteiger partial charge in [0.1, 0.15) is 5.54 Å². The van der Waals surface area contributed by atoms with E-state index in [4.69, 9.17) is 9.84 Å². The lowest BCUT2D eigenvalue weighted by Gasteiger charge is -2.25. The molecule has 0 saturated heterocycles. The van der Waals surface area contributed by atoms with Crippen molar-refractivity contribution in [1.29, 1.82) is 0 Å². The van der Waals surface area contributed by atoms with Crippen molar-refractivity contribution in [3.8, 4) is 0 Å². The van der Waals surface area contributed by atoms with Gasteiger partial charge in [-0.2, -0.15) is 0 Å². The largest absolute Gasteiger partial charge is 0.480 e. The maximum atomic E-state index is 11.5. The summed E-state index contributed by atoms with van der Waals surface area (Å²) in [4.78, 5) is 22.4. The van der Waals surface area contributed by atoms with Crippen molar-refractivity contribution in [3.63, 3.8) is 0 Å². The molecule has 1 saturated carbocycles. The van der Waals surface area contributed by atoms with Crippen LogP contribution in [0.5, 0.6) is 0 Å². The van der Waals surface area contributed by atoms with Gasteiger partial charge in [0, 0.05) is 13.2 Å². The minimum absolute atomic E-state index is 0.336. The Kier molecular flexibility index (Phi) is 3.98. The maximum Gasteiger partial charge on any atom is 0.329 e. The minimum Gasteiger partial charge on any atom is -0.480 e. The van der Waals surface area contributed by atoms with E-state index >= 15 is 0 Å². The van der Waals surface area contributed by atoms with Gasteiger partial charge in [0.15, 0.2) is 0 Å². The number of aliphatic carboxylic acids is 1. The number of hydrogen-bond acceptors (Lipinski definition) is 3. The second-order valence-corrected chi connectivity index (χ2v) is 4.89. The van der Waals surface area contributed by atoms with E-state index in [2.05, 4.69) is 10.6 Å². The third-order valence-corrected chi connectivity index (χ3v) is 2.72. The van der Waals surface area contributed by atoms with Crippen molar-refractivity contribution in [2.45, 2.75) is 44.8 Å². The number of amides is 2. The average molecular weight is 244 g/mol. The molecule has 0 aromatic rings. The van der Waals surface area contributed by atoms with Gasteiger partial charge in [-0.1, -0.05) is 0 Å². The third kappa shape index (κ3) is 3.89. The molecule has 17 heavy (non-hydrogen) atoms. The van der Waals surface area contributed by atoms with Crippen molar-refractivity contribution in [2.75, 3.05) is 13.2 Å². The summed E-state index contributed by atoms with van der Waals surface area (Å²) in [6.07, 6.45) is 0.981. The molecule has 6 heteroatoms. The Morgan fingerprint density at radius 2 is 2.00 bits per heavy atom. The predicted molar refractivity (Wildman–Crippen MR) is 61.8 cm³/mol. The van der Waals surface area contributed by atoms with E-state index in [1.54, 1.807) is 0 Å². The molecule has 2 amide bonds. The van der Waals surface area contributed by atoms with Crippen LogP contribution >= 0.6 is 0 Å². The summed E-state index contributed by atoms with van der Waals surface area (Å²) in [5.41, 5.74) is -1.49. The first kappa shape index (κ1) is 13.8. The van der Waals surface area contributed by atoms with Gasteiger partial charge < -0.3 is 20.5 Å². The molecular weight excluding hydrogens is 224 g/mol. The lowest BCUT2D eigenvalue weighted by molar-refractivity contribution is -0.140. The van der Waals surface area contributed by atoms with Gasteiger partial charge in [0.25, 0.3) is 0 Å². The highest BCUT2D eigenvalue weighted by Crippen LogP contribution is 2.35. The summed E-state index contributed by atoms with van der Waals surface area (Å²) in [7, 11) is 0. The number of carbonyl (C=O) groups excluding carboxylic acids is 1. The van der Waals surface area contributed by atoms with Crippen LogP contribution in [0, 0.1) is 0 Å². The fourth-order valence-electron chi connectivity index (χ4n) is 1.51. The number of carboxylic acids is 1. The van der Waals surface area contributed by atoms with E-state index in [0.717, 1.165) is 0 Å². The lowest BCUT2D eigenvalue weighted by Crippen LogP contribution is -2.51. The predicted octanol–water partition coefficient (Wildman–Crippen LogP) is 0.718. The molecule has 1 rings (SSSR count). The Labute approximate surface area is 101 Å². The van der Waals surface area contributed by atoms with Crippen molar-refractivity contribution in [3.05, 3.63) is 0 Å². The van der Waals surface area contributed by atoms with E-state index in [-0.39, 0.29) is 0 Å². The van der Waals surface area contributed by atoms with E-state index in [9.17, 15) is 9.59 Å². The molecule has 0 unspecified atom stereocenters.